The first-order chi connectivity index (χ1) is 10.5. The van der Waals surface area contributed by atoms with Crippen molar-refractivity contribution in [1.82, 2.24) is 4.48 Å². The van der Waals surface area contributed by atoms with Crippen LogP contribution >= 0.6 is 22.6 Å². The van der Waals surface area contributed by atoms with Crippen molar-refractivity contribution >= 4 is 41.3 Å². The molecule has 3 heterocycles. The second kappa shape index (κ2) is 4.65. The number of hydrogen-bond acceptors (Lipinski definition) is 0. The molecule has 0 N–H and O–H groups in total. The SMILES string of the molecule is Cc1c(I)cccc1C1=C2C=CC=[N+]2[B-](F)(F)n2cccc21. The van der Waals surface area contributed by atoms with Crippen LogP contribution in [0.5, 0.6) is 0 Å². The van der Waals surface area contributed by atoms with E-state index in [0.29, 0.717) is 11.4 Å². The van der Waals surface area contributed by atoms with Gasteiger partial charge >= 0.3 is 6.97 Å². The van der Waals surface area contributed by atoms with Crippen molar-refractivity contribution in [1.29, 1.82) is 0 Å². The van der Waals surface area contributed by atoms with E-state index in [2.05, 4.69) is 22.6 Å². The van der Waals surface area contributed by atoms with Gasteiger partial charge in [0.1, 0.15) is 6.21 Å². The van der Waals surface area contributed by atoms with Crippen LogP contribution < -0.4 is 0 Å². The minimum absolute atomic E-state index is 0.571. The van der Waals surface area contributed by atoms with E-state index < -0.39 is 6.97 Å². The summed E-state index contributed by atoms with van der Waals surface area (Å²) in [6, 6.07) is 9.44. The Labute approximate surface area is 140 Å². The van der Waals surface area contributed by atoms with Gasteiger partial charge in [0.25, 0.3) is 0 Å². The molecule has 22 heavy (non-hydrogen) atoms. The average Bonchev–Trinajstić information content (AvgIpc) is 3.13. The van der Waals surface area contributed by atoms with Crippen LogP contribution in [0.1, 0.15) is 16.8 Å². The van der Waals surface area contributed by atoms with Crippen LogP contribution in [0.3, 0.4) is 0 Å². The predicted octanol–water partition coefficient (Wildman–Crippen LogP) is 4.05. The monoisotopic (exact) mass is 408 g/mol. The highest BCUT2D eigenvalue weighted by atomic mass is 127. The van der Waals surface area contributed by atoms with Gasteiger partial charge in [-0.2, -0.15) is 0 Å². The molecule has 0 amide bonds. The van der Waals surface area contributed by atoms with E-state index in [1.54, 1.807) is 24.3 Å². The smallest absolute Gasteiger partial charge is 0.396 e. The van der Waals surface area contributed by atoms with Gasteiger partial charge in [0, 0.05) is 21.4 Å². The lowest BCUT2D eigenvalue weighted by molar-refractivity contribution is -0.356. The Kier molecular flexibility index (Phi) is 2.94. The number of halogens is 3. The molecule has 0 unspecified atom stereocenters. The van der Waals surface area contributed by atoms with E-state index in [9.17, 15) is 8.63 Å². The maximum absolute atomic E-state index is 14.7. The summed E-state index contributed by atoms with van der Waals surface area (Å²) in [7, 11) is 0. The molecule has 2 aliphatic heterocycles. The fourth-order valence-electron chi connectivity index (χ4n) is 3.17. The van der Waals surface area contributed by atoms with Crippen LogP contribution in [-0.2, 0) is 0 Å². The number of rotatable bonds is 1. The highest BCUT2D eigenvalue weighted by Gasteiger charge is 2.51. The van der Waals surface area contributed by atoms with E-state index in [-0.39, 0.29) is 0 Å². The van der Waals surface area contributed by atoms with Crippen LogP contribution in [0, 0.1) is 10.5 Å². The van der Waals surface area contributed by atoms with E-state index >= 15 is 0 Å². The Bertz CT molecular complexity index is 893. The van der Waals surface area contributed by atoms with Gasteiger partial charge < -0.3 is 17.6 Å². The quantitative estimate of drug-likeness (QED) is 0.497. The van der Waals surface area contributed by atoms with Crippen molar-refractivity contribution in [3.63, 3.8) is 0 Å². The number of aromatic nitrogens is 1. The minimum Gasteiger partial charge on any atom is -0.396 e. The molecule has 6 heteroatoms. The molecule has 2 aliphatic rings. The second-order valence-electron chi connectivity index (χ2n) is 5.48. The zero-order valence-corrected chi connectivity index (χ0v) is 14.0. The van der Waals surface area contributed by atoms with Gasteiger partial charge in [-0.1, -0.05) is 12.1 Å². The highest BCUT2D eigenvalue weighted by molar-refractivity contribution is 14.1. The zero-order valence-electron chi connectivity index (χ0n) is 11.8. The van der Waals surface area contributed by atoms with E-state index in [4.69, 9.17) is 0 Å². The van der Waals surface area contributed by atoms with Gasteiger partial charge in [-0.3, -0.25) is 0 Å². The summed E-state index contributed by atoms with van der Waals surface area (Å²) < 4.78 is 32.7. The Hall–Kier alpha value is -1.70. The van der Waals surface area contributed by atoms with Crippen molar-refractivity contribution in [3.8, 4) is 0 Å². The molecule has 1 aromatic heterocycles. The molecule has 0 bridgehead atoms. The summed E-state index contributed by atoms with van der Waals surface area (Å²) >= 11 is 2.28. The lowest BCUT2D eigenvalue weighted by Gasteiger charge is -2.31. The zero-order chi connectivity index (χ0) is 15.5. The molecule has 0 fully saturated rings. The van der Waals surface area contributed by atoms with Crippen molar-refractivity contribution in [2.75, 3.05) is 0 Å². The summed E-state index contributed by atoms with van der Waals surface area (Å²) in [6.07, 6.45) is 6.37. The second-order valence-corrected chi connectivity index (χ2v) is 6.64. The van der Waals surface area contributed by atoms with Crippen molar-refractivity contribution in [3.05, 3.63) is 74.8 Å². The summed E-state index contributed by atoms with van der Waals surface area (Å²) in [6.45, 7) is -1.79. The molecular weight excluding hydrogens is 396 g/mol. The Morgan fingerprint density at radius 2 is 2.00 bits per heavy atom. The van der Waals surface area contributed by atoms with Gasteiger partial charge in [-0.25, -0.2) is 0 Å². The first-order valence-corrected chi connectivity index (χ1v) is 8.09. The Morgan fingerprint density at radius 3 is 2.82 bits per heavy atom. The lowest BCUT2D eigenvalue weighted by atomic mass is 9.85. The van der Waals surface area contributed by atoms with Crippen LogP contribution in [0.25, 0.3) is 5.57 Å². The Morgan fingerprint density at radius 1 is 1.18 bits per heavy atom. The topological polar surface area (TPSA) is 7.94 Å². The largest absolute Gasteiger partial charge is 0.737 e. The molecule has 1 aromatic carbocycles. The molecule has 0 saturated carbocycles. The van der Waals surface area contributed by atoms with E-state index in [1.165, 1.54) is 12.4 Å². The maximum Gasteiger partial charge on any atom is 0.737 e. The maximum atomic E-state index is 14.7. The molecule has 110 valence electrons. The third-order valence-corrected chi connectivity index (χ3v) is 5.45. The van der Waals surface area contributed by atoms with E-state index in [1.807, 2.05) is 25.1 Å². The van der Waals surface area contributed by atoms with Crippen LogP contribution in [-0.4, -0.2) is 22.1 Å². The molecular formula is C16H12BF2IN2. The number of allylic oxidation sites excluding steroid dienone is 2. The number of nitrogens with zero attached hydrogens (tertiary/aromatic N) is 2. The third-order valence-electron chi connectivity index (χ3n) is 4.28. The molecule has 4 rings (SSSR count). The first kappa shape index (κ1) is 13.9. The summed E-state index contributed by atoms with van der Waals surface area (Å²) in [5.74, 6) is 0. The van der Waals surface area contributed by atoms with Gasteiger partial charge in [0.2, 0.25) is 0 Å². The van der Waals surface area contributed by atoms with Crippen molar-refractivity contribution < 1.29 is 13.1 Å². The summed E-state index contributed by atoms with van der Waals surface area (Å²) in [5, 5.41) is 0. The Balaban J connectivity index is 2.09. The normalized spacial score (nSPS) is 18.3. The highest BCUT2D eigenvalue weighted by Crippen LogP contribution is 2.39. The molecule has 0 spiro atoms. The van der Waals surface area contributed by atoms with Gasteiger partial charge in [0.05, 0.1) is 5.57 Å². The lowest BCUT2D eigenvalue weighted by Crippen LogP contribution is -2.49. The van der Waals surface area contributed by atoms with E-state index in [0.717, 1.165) is 29.2 Å². The molecule has 2 aromatic rings. The average molecular weight is 408 g/mol. The van der Waals surface area contributed by atoms with Crippen LogP contribution in [0.2, 0.25) is 0 Å². The predicted molar refractivity (Wildman–Crippen MR) is 93.2 cm³/mol. The van der Waals surface area contributed by atoms with Crippen molar-refractivity contribution in [2.45, 2.75) is 6.92 Å². The summed E-state index contributed by atoms with van der Waals surface area (Å²) in [4.78, 5) is 0. The molecule has 2 nitrogen and oxygen atoms in total. The van der Waals surface area contributed by atoms with Crippen molar-refractivity contribution in [2.24, 2.45) is 0 Å². The molecule has 0 saturated heterocycles. The fraction of sp³-hybridized carbons (Fsp3) is 0.0625. The molecule has 0 radical (unpaired) electrons. The minimum atomic E-state index is -3.82. The fourth-order valence-corrected chi connectivity index (χ4v) is 3.67. The molecule has 0 atom stereocenters. The first-order valence-electron chi connectivity index (χ1n) is 7.01. The summed E-state index contributed by atoms with van der Waals surface area (Å²) in [5.41, 5.74) is 4.11. The van der Waals surface area contributed by atoms with Gasteiger partial charge in [-0.15, -0.1) is 0 Å². The van der Waals surface area contributed by atoms with Crippen LogP contribution in [0.4, 0.5) is 8.63 Å². The standard InChI is InChI=1S/C16H12BF2IN2/c1-11-12(5-2-6-13(11)20)16-14-7-3-9-21(14)17(18,19)22-10-4-8-15(16)22/h2-10H,1H3. The third kappa shape index (κ3) is 1.73. The van der Waals surface area contributed by atoms with Gasteiger partial charge in [-0.05, 0) is 65.0 Å². The van der Waals surface area contributed by atoms with Crippen LogP contribution in [0.15, 0.2) is 54.4 Å². The number of fused-ring (bicyclic) bond motifs is 2. The molecule has 0 aliphatic carbocycles. The number of benzene rings is 1. The number of hydrogen-bond donors (Lipinski definition) is 0. The van der Waals surface area contributed by atoms with Gasteiger partial charge in [0.15, 0.2) is 5.70 Å².